The molecule has 0 aliphatic heterocycles. The molecule has 1 aromatic rings. The van der Waals surface area contributed by atoms with E-state index in [1.165, 1.54) is 6.20 Å². The van der Waals surface area contributed by atoms with E-state index in [0.717, 1.165) is 18.7 Å². The number of pyridine rings is 1. The first kappa shape index (κ1) is 11.4. The summed E-state index contributed by atoms with van der Waals surface area (Å²) < 4.78 is 0. The van der Waals surface area contributed by atoms with E-state index in [9.17, 15) is 10.1 Å². The maximum atomic E-state index is 10.8. The van der Waals surface area contributed by atoms with Gasteiger partial charge in [0, 0.05) is 19.3 Å². The van der Waals surface area contributed by atoms with Crippen molar-refractivity contribution in [2.45, 2.75) is 20.8 Å². The van der Waals surface area contributed by atoms with Crippen LogP contribution < -0.4 is 4.90 Å². The third-order valence-electron chi connectivity index (χ3n) is 2.36. The second kappa shape index (κ2) is 4.72. The Morgan fingerprint density at radius 1 is 1.40 bits per heavy atom. The van der Waals surface area contributed by atoms with Crippen LogP contribution in [0.2, 0.25) is 0 Å². The van der Waals surface area contributed by atoms with Crippen molar-refractivity contribution in [3.8, 4) is 0 Å². The number of anilines is 1. The first-order valence-electron chi connectivity index (χ1n) is 4.95. The van der Waals surface area contributed by atoms with Gasteiger partial charge < -0.3 is 4.90 Å². The molecular weight excluding hydrogens is 194 g/mol. The van der Waals surface area contributed by atoms with E-state index in [1.807, 2.05) is 25.7 Å². The van der Waals surface area contributed by atoms with Crippen LogP contribution in [0, 0.1) is 17.0 Å². The molecule has 0 bridgehead atoms. The lowest BCUT2D eigenvalue weighted by Crippen LogP contribution is -2.23. The summed E-state index contributed by atoms with van der Waals surface area (Å²) in [6.07, 6.45) is 2.96. The zero-order valence-corrected chi connectivity index (χ0v) is 9.23. The van der Waals surface area contributed by atoms with Crippen LogP contribution in [0.15, 0.2) is 12.4 Å². The molecule has 0 saturated carbocycles. The third-order valence-corrected chi connectivity index (χ3v) is 2.36. The van der Waals surface area contributed by atoms with E-state index < -0.39 is 0 Å². The first-order valence-corrected chi connectivity index (χ1v) is 4.95. The SMILES string of the molecule is CCN(CC)c1c(C)cncc1[N+](=O)[O-]. The molecule has 0 aliphatic carbocycles. The van der Waals surface area contributed by atoms with Crippen molar-refractivity contribution < 1.29 is 4.92 Å². The summed E-state index contributed by atoms with van der Waals surface area (Å²) in [6.45, 7) is 7.30. The fraction of sp³-hybridized carbons (Fsp3) is 0.500. The Labute approximate surface area is 88.9 Å². The standard InChI is InChI=1S/C10H15N3O2/c1-4-12(5-2)10-8(3)6-11-7-9(10)13(14)15/h6-7H,4-5H2,1-3H3. The van der Waals surface area contributed by atoms with Gasteiger partial charge in [-0.1, -0.05) is 0 Å². The Kier molecular flexibility index (Phi) is 3.60. The minimum atomic E-state index is -0.381. The monoisotopic (exact) mass is 209 g/mol. The molecule has 5 heteroatoms. The highest BCUT2D eigenvalue weighted by Gasteiger charge is 2.20. The van der Waals surface area contributed by atoms with Gasteiger partial charge in [-0.25, -0.2) is 0 Å². The van der Waals surface area contributed by atoms with E-state index in [0.29, 0.717) is 5.69 Å². The first-order chi connectivity index (χ1) is 7.11. The average molecular weight is 209 g/mol. The molecule has 0 N–H and O–H groups in total. The smallest absolute Gasteiger partial charge is 0.310 e. The van der Waals surface area contributed by atoms with Crippen LogP contribution in [-0.2, 0) is 0 Å². The molecule has 1 rings (SSSR count). The summed E-state index contributed by atoms with van der Waals surface area (Å²) in [5, 5.41) is 10.8. The molecule has 0 atom stereocenters. The molecule has 5 nitrogen and oxygen atoms in total. The van der Waals surface area contributed by atoms with E-state index in [4.69, 9.17) is 0 Å². The molecule has 0 amide bonds. The molecule has 15 heavy (non-hydrogen) atoms. The summed E-state index contributed by atoms with van der Waals surface area (Å²) in [4.78, 5) is 16.3. The Bertz CT molecular complexity index is 362. The third kappa shape index (κ3) is 2.23. The van der Waals surface area contributed by atoms with Crippen molar-refractivity contribution in [2.75, 3.05) is 18.0 Å². The lowest BCUT2D eigenvalue weighted by Gasteiger charge is -2.22. The molecule has 0 radical (unpaired) electrons. The van der Waals surface area contributed by atoms with Gasteiger partial charge in [-0.2, -0.15) is 0 Å². The molecule has 0 aromatic carbocycles. The number of hydrogen-bond acceptors (Lipinski definition) is 4. The van der Waals surface area contributed by atoms with Gasteiger partial charge in [-0.3, -0.25) is 15.1 Å². The second-order valence-electron chi connectivity index (χ2n) is 3.25. The van der Waals surface area contributed by atoms with Gasteiger partial charge in [0.25, 0.3) is 0 Å². The van der Waals surface area contributed by atoms with Crippen LogP contribution in [0.1, 0.15) is 19.4 Å². The van der Waals surface area contributed by atoms with Gasteiger partial charge in [0.1, 0.15) is 11.9 Å². The molecule has 1 aromatic heterocycles. The lowest BCUT2D eigenvalue weighted by atomic mass is 10.2. The van der Waals surface area contributed by atoms with Crippen molar-refractivity contribution >= 4 is 11.4 Å². The van der Waals surface area contributed by atoms with Gasteiger partial charge in [0.2, 0.25) is 0 Å². The zero-order chi connectivity index (χ0) is 11.4. The quantitative estimate of drug-likeness (QED) is 0.563. The Morgan fingerprint density at radius 2 is 2.00 bits per heavy atom. The van der Waals surface area contributed by atoms with Crippen LogP contribution in [0.25, 0.3) is 0 Å². The highest BCUT2D eigenvalue weighted by molar-refractivity contribution is 5.66. The maximum Gasteiger partial charge on any atom is 0.310 e. The number of hydrogen-bond donors (Lipinski definition) is 0. The molecule has 1 heterocycles. The molecule has 0 unspecified atom stereocenters. The molecule has 0 fully saturated rings. The lowest BCUT2D eigenvalue weighted by molar-refractivity contribution is -0.384. The Hall–Kier alpha value is -1.65. The summed E-state index contributed by atoms with van der Waals surface area (Å²) in [7, 11) is 0. The Morgan fingerprint density at radius 3 is 2.47 bits per heavy atom. The van der Waals surface area contributed by atoms with Crippen molar-refractivity contribution in [1.29, 1.82) is 0 Å². The number of nitrogens with zero attached hydrogens (tertiary/aromatic N) is 3. The number of nitro groups is 1. The van der Waals surface area contributed by atoms with Crippen molar-refractivity contribution in [3.63, 3.8) is 0 Å². The van der Waals surface area contributed by atoms with Crippen LogP contribution in [-0.4, -0.2) is 23.0 Å². The average Bonchev–Trinajstić information content (AvgIpc) is 2.21. The maximum absolute atomic E-state index is 10.8. The second-order valence-corrected chi connectivity index (χ2v) is 3.25. The van der Waals surface area contributed by atoms with Crippen LogP contribution >= 0.6 is 0 Å². The van der Waals surface area contributed by atoms with Crippen LogP contribution in [0.3, 0.4) is 0 Å². The number of rotatable bonds is 4. The molecular formula is C10H15N3O2. The van der Waals surface area contributed by atoms with E-state index >= 15 is 0 Å². The summed E-state index contributed by atoms with van der Waals surface area (Å²) in [6, 6.07) is 0. The van der Waals surface area contributed by atoms with Gasteiger partial charge in [-0.05, 0) is 26.3 Å². The minimum Gasteiger partial charge on any atom is -0.366 e. The minimum absolute atomic E-state index is 0.0821. The van der Waals surface area contributed by atoms with Gasteiger partial charge in [0.15, 0.2) is 0 Å². The largest absolute Gasteiger partial charge is 0.366 e. The Balaban J connectivity index is 3.29. The summed E-state index contributed by atoms with van der Waals surface area (Å²) in [5.41, 5.74) is 1.60. The zero-order valence-electron chi connectivity index (χ0n) is 9.23. The van der Waals surface area contributed by atoms with Crippen molar-refractivity contribution in [3.05, 3.63) is 28.1 Å². The van der Waals surface area contributed by atoms with Crippen LogP contribution in [0.4, 0.5) is 11.4 Å². The highest BCUT2D eigenvalue weighted by Crippen LogP contribution is 2.29. The normalized spacial score (nSPS) is 10.1. The van der Waals surface area contributed by atoms with E-state index in [-0.39, 0.29) is 10.6 Å². The number of aromatic nitrogens is 1. The van der Waals surface area contributed by atoms with Crippen LogP contribution in [0.5, 0.6) is 0 Å². The topological polar surface area (TPSA) is 59.3 Å². The van der Waals surface area contributed by atoms with Gasteiger partial charge in [-0.15, -0.1) is 0 Å². The van der Waals surface area contributed by atoms with Gasteiger partial charge in [0.05, 0.1) is 4.92 Å². The number of aryl methyl sites for hydroxylation is 1. The van der Waals surface area contributed by atoms with E-state index in [1.54, 1.807) is 6.20 Å². The predicted molar refractivity (Wildman–Crippen MR) is 59.2 cm³/mol. The predicted octanol–water partition coefficient (Wildman–Crippen LogP) is 2.14. The fourth-order valence-corrected chi connectivity index (χ4v) is 1.63. The van der Waals surface area contributed by atoms with E-state index in [2.05, 4.69) is 4.98 Å². The molecule has 0 saturated heterocycles. The highest BCUT2D eigenvalue weighted by atomic mass is 16.6. The van der Waals surface area contributed by atoms with Crippen molar-refractivity contribution in [1.82, 2.24) is 4.98 Å². The molecule has 0 aliphatic rings. The summed E-state index contributed by atoms with van der Waals surface area (Å²) in [5.74, 6) is 0. The summed E-state index contributed by atoms with van der Waals surface area (Å²) >= 11 is 0. The fourth-order valence-electron chi connectivity index (χ4n) is 1.63. The van der Waals surface area contributed by atoms with Crippen molar-refractivity contribution in [2.24, 2.45) is 0 Å². The van der Waals surface area contributed by atoms with Gasteiger partial charge >= 0.3 is 5.69 Å². The molecule has 82 valence electrons. The molecule has 0 spiro atoms.